The summed E-state index contributed by atoms with van der Waals surface area (Å²) in [5.74, 6) is 1.99. The summed E-state index contributed by atoms with van der Waals surface area (Å²) in [6, 6.07) is 5.41. The number of carbonyl (C=O) groups is 1. The average molecular weight is 277 g/mol. The molecule has 0 N–H and O–H groups in total. The van der Waals surface area contributed by atoms with E-state index in [0.29, 0.717) is 17.3 Å². The standard InChI is InChI=1S/C14H15ClN3O/c1-10(9-16)17(2)14(19)18-7-3-4-11-5-6-12(15)8-13(11)18/h5-6,8H,3-4,7H2,1-2H3/q-1. The van der Waals surface area contributed by atoms with Crippen molar-refractivity contribution in [1.82, 2.24) is 4.90 Å². The topological polar surface area (TPSA) is 45.9 Å². The molecule has 5 heteroatoms. The Morgan fingerprint density at radius 1 is 1.53 bits per heavy atom. The predicted octanol–water partition coefficient (Wildman–Crippen LogP) is 3.29. The van der Waals surface area contributed by atoms with Gasteiger partial charge in [0.2, 0.25) is 0 Å². The number of nitrogens with zero attached hydrogens (tertiary/aromatic N) is 3. The number of fused-ring (bicyclic) bond motifs is 1. The highest BCUT2D eigenvalue weighted by Gasteiger charge is 2.25. The van der Waals surface area contributed by atoms with E-state index < -0.39 is 0 Å². The van der Waals surface area contributed by atoms with Gasteiger partial charge in [0.15, 0.2) is 0 Å². The van der Waals surface area contributed by atoms with Gasteiger partial charge in [0.05, 0.1) is 5.69 Å². The van der Waals surface area contributed by atoms with Gasteiger partial charge in [-0.1, -0.05) is 17.7 Å². The first-order chi connectivity index (χ1) is 9.04. The highest BCUT2D eigenvalue weighted by atomic mass is 35.5. The molecule has 0 bridgehead atoms. The molecule has 100 valence electrons. The Balaban J connectivity index is 2.36. The first-order valence-corrected chi connectivity index (χ1v) is 6.49. The Kier molecular flexibility index (Phi) is 3.93. The van der Waals surface area contributed by atoms with Crippen molar-refractivity contribution in [3.05, 3.63) is 39.9 Å². The van der Waals surface area contributed by atoms with Crippen molar-refractivity contribution < 1.29 is 4.79 Å². The molecule has 0 saturated heterocycles. The second-order valence-corrected chi connectivity index (χ2v) is 5.00. The number of hydrogen-bond donors (Lipinski definition) is 0. The summed E-state index contributed by atoms with van der Waals surface area (Å²) in [5.41, 5.74) is 2.34. The first kappa shape index (κ1) is 13.7. The molecule has 0 aromatic heterocycles. The maximum absolute atomic E-state index is 12.4. The van der Waals surface area contributed by atoms with Gasteiger partial charge in [0.1, 0.15) is 0 Å². The molecule has 0 spiro atoms. The lowest BCUT2D eigenvalue weighted by atomic mass is 10.0. The fraction of sp³-hybridized carbons (Fsp3) is 0.357. The summed E-state index contributed by atoms with van der Waals surface area (Å²) in [7, 11) is 1.61. The third-order valence-electron chi connectivity index (χ3n) is 3.35. The Morgan fingerprint density at radius 3 is 2.95 bits per heavy atom. The summed E-state index contributed by atoms with van der Waals surface area (Å²) in [5, 5.41) is 9.48. The van der Waals surface area contributed by atoms with Crippen LogP contribution in [-0.4, -0.2) is 30.4 Å². The van der Waals surface area contributed by atoms with E-state index in [1.54, 1.807) is 18.9 Å². The predicted molar refractivity (Wildman–Crippen MR) is 77.8 cm³/mol. The number of urea groups is 1. The van der Waals surface area contributed by atoms with E-state index in [-0.39, 0.29) is 6.03 Å². The molecular formula is C14H15ClN3O-. The zero-order valence-electron chi connectivity index (χ0n) is 11.0. The highest BCUT2D eigenvalue weighted by Crippen LogP contribution is 2.30. The summed E-state index contributed by atoms with van der Waals surface area (Å²) in [6.07, 6.45) is 1.86. The monoisotopic (exact) mass is 276 g/mol. The average Bonchev–Trinajstić information content (AvgIpc) is 2.44. The number of hydrogen-bond acceptors (Lipinski definition) is 1. The Hall–Kier alpha value is -1.77. The normalized spacial score (nSPS) is 13.5. The van der Waals surface area contributed by atoms with Crippen LogP contribution in [0.25, 0.3) is 5.41 Å². The highest BCUT2D eigenvalue weighted by molar-refractivity contribution is 6.31. The summed E-state index contributed by atoms with van der Waals surface area (Å²) in [4.78, 5) is 15.5. The maximum atomic E-state index is 12.4. The van der Waals surface area contributed by atoms with Gasteiger partial charge in [-0.2, -0.15) is 0 Å². The number of benzene rings is 1. The molecule has 0 saturated carbocycles. The van der Waals surface area contributed by atoms with Crippen molar-refractivity contribution in [3.8, 4) is 0 Å². The lowest BCUT2D eigenvalue weighted by Crippen LogP contribution is -2.43. The van der Waals surface area contributed by atoms with Crippen LogP contribution in [0, 0.1) is 0 Å². The van der Waals surface area contributed by atoms with E-state index in [1.807, 2.05) is 24.1 Å². The molecule has 4 nitrogen and oxygen atoms in total. The zero-order chi connectivity index (χ0) is 14.0. The minimum Gasteiger partial charge on any atom is -0.762 e. The van der Waals surface area contributed by atoms with Gasteiger partial charge in [0, 0.05) is 24.3 Å². The molecular weight excluding hydrogens is 262 g/mol. The van der Waals surface area contributed by atoms with Gasteiger partial charge < -0.3 is 5.41 Å². The van der Waals surface area contributed by atoms with Gasteiger partial charge in [0.25, 0.3) is 0 Å². The smallest absolute Gasteiger partial charge is 0.328 e. The molecule has 1 aliphatic rings. The number of allylic oxidation sites excluding steroid dienone is 1. The number of amides is 2. The number of halogens is 1. The molecule has 0 fully saturated rings. The molecule has 1 aromatic carbocycles. The van der Waals surface area contributed by atoms with Crippen molar-refractivity contribution in [2.75, 3.05) is 18.5 Å². The van der Waals surface area contributed by atoms with Crippen LogP contribution in [0.4, 0.5) is 10.5 Å². The van der Waals surface area contributed by atoms with Crippen molar-refractivity contribution in [2.24, 2.45) is 0 Å². The summed E-state index contributed by atoms with van der Waals surface area (Å²) in [6.45, 7) is 2.27. The van der Waals surface area contributed by atoms with E-state index in [0.717, 1.165) is 24.1 Å². The number of carbonyl (C=O) groups excluding carboxylic acids is 1. The third kappa shape index (κ3) is 2.65. The van der Waals surface area contributed by atoms with Crippen LogP contribution in [-0.2, 0) is 6.42 Å². The zero-order valence-corrected chi connectivity index (χ0v) is 11.7. The van der Waals surface area contributed by atoms with Gasteiger partial charge in [-0.05, 0) is 37.5 Å². The molecule has 2 amide bonds. The van der Waals surface area contributed by atoms with Crippen molar-refractivity contribution in [3.63, 3.8) is 0 Å². The van der Waals surface area contributed by atoms with Crippen LogP contribution in [0.1, 0.15) is 18.9 Å². The van der Waals surface area contributed by atoms with E-state index in [9.17, 15) is 4.79 Å². The molecule has 0 unspecified atom stereocenters. The molecule has 1 aromatic rings. The molecule has 1 heterocycles. The van der Waals surface area contributed by atoms with Crippen LogP contribution in [0.5, 0.6) is 0 Å². The van der Waals surface area contributed by atoms with Crippen LogP contribution >= 0.6 is 11.6 Å². The lowest BCUT2D eigenvalue weighted by Gasteiger charge is -2.33. The Morgan fingerprint density at radius 2 is 2.26 bits per heavy atom. The quantitative estimate of drug-likeness (QED) is 0.726. The molecule has 2 rings (SSSR count). The van der Waals surface area contributed by atoms with Crippen molar-refractivity contribution in [1.29, 1.82) is 0 Å². The van der Waals surface area contributed by atoms with Gasteiger partial charge >= 0.3 is 6.03 Å². The van der Waals surface area contributed by atoms with E-state index in [1.165, 1.54) is 4.90 Å². The Bertz CT molecular complexity index is 564. The maximum Gasteiger partial charge on any atom is 0.328 e. The second-order valence-electron chi connectivity index (χ2n) is 4.57. The van der Waals surface area contributed by atoms with E-state index in [4.69, 9.17) is 17.0 Å². The fourth-order valence-corrected chi connectivity index (χ4v) is 2.31. The number of rotatable bonds is 1. The van der Waals surface area contributed by atoms with Crippen molar-refractivity contribution >= 4 is 29.2 Å². The molecule has 0 atom stereocenters. The van der Waals surface area contributed by atoms with Gasteiger partial charge in [-0.25, -0.2) is 10.7 Å². The molecule has 0 radical (unpaired) electrons. The minimum absolute atomic E-state index is 0.192. The van der Waals surface area contributed by atoms with Crippen LogP contribution in [0.15, 0.2) is 23.9 Å². The molecule has 1 aliphatic heterocycles. The molecule has 0 aliphatic carbocycles. The van der Waals surface area contributed by atoms with Gasteiger partial charge in [-0.15, -0.1) is 0 Å². The van der Waals surface area contributed by atoms with Crippen LogP contribution in [0.2, 0.25) is 5.02 Å². The van der Waals surface area contributed by atoms with Gasteiger partial charge in [-0.3, -0.25) is 9.80 Å². The minimum atomic E-state index is -0.192. The first-order valence-electron chi connectivity index (χ1n) is 6.12. The Labute approximate surface area is 117 Å². The van der Waals surface area contributed by atoms with E-state index in [2.05, 4.69) is 0 Å². The third-order valence-corrected chi connectivity index (χ3v) is 3.58. The van der Waals surface area contributed by atoms with Crippen LogP contribution in [0.3, 0.4) is 0 Å². The summed E-state index contributed by atoms with van der Waals surface area (Å²) < 4.78 is 0. The second kappa shape index (κ2) is 5.47. The van der Waals surface area contributed by atoms with Crippen molar-refractivity contribution in [2.45, 2.75) is 19.8 Å². The number of anilines is 1. The SMILES string of the molecule is CC(=C=[N-])N(C)C(=O)N1CCCc2ccc(Cl)cc21. The number of aryl methyl sites for hydroxylation is 1. The summed E-state index contributed by atoms with van der Waals surface area (Å²) >= 11 is 6.01. The fourth-order valence-electron chi connectivity index (χ4n) is 2.15. The largest absolute Gasteiger partial charge is 0.762 e. The molecule has 19 heavy (non-hydrogen) atoms. The van der Waals surface area contributed by atoms with Crippen LogP contribution < -0.4 is 4.90 Å². The lowest BCUT2D eigenvalue weighted by molar-refractivity contribution is 0.225. The van der Waals surface area contributed by atoms with E-state index >= 15 is 0 Å².